The first-order valence-corrected chi connectivity index (χ1v) is 6.50. The number of rotatable bonds is 5. The Morgan fingerprint density at radius 2 is 2.22 bits per heavy atom. The molecule has 1 atom stereocenters. The third-order valence-electron chi connectivity index (χ3n) is 3.24. The number of hydrogen-bond acceptors (Lipinski definition) is 2. The van der Waals surface area contributed by atoms with Gasteiger partial charge in [-0.2, -0.15) is 0 Å². The summed E-state index contributed by atoms with van der Waals surface area (Å²) in [6.45, 7) is 8.68. The van der Waals surface area contributed by atoms with Gasteiger partial charge < -0.3 is 10.6 Å². The first-order chi connectivity index (χ1) is 8.67. The van der Waals surface area contributed by atoms with E-state index in [2.05, 4.69) is 43.7 Å². The third-order valence-corrected chi connectivity index (χ3v) is 3.24. The molecule has 18 heavy (non-hydrogen) atoms. The summed E-state index contributed by atoms with van der Waals surface area (Å²) in [5.41, 5.74) is 9.32. The minimum atomic E-state index is 0.462. The lowest BCUT2D eigenvalue weighted by atomic mass is 9.96. The molecule has 1 aliphatic heterocycles. The molecule has 0 bridgehead atoms. The Labute approximate surface area is 111 Å². The Balaban J connectivity index is 3.12. The molecule has 0 aromatic rings. The van der Waals surface area contributed by atoms with Crippen molar-refractivity contribution in [3.8, 4) is 0 Å². The fraction of sp³-hybridized carbons (Fsp3) is 0.375. The van der Waals surface area contributed by atoms with Crippen molar-refractivity contribution in [1.29, 1.82) is 0 Å². The predicted molar refractivity (Wildman–Crippen MR) is 79.9 cm³/mol. The lowest BCUT2D eigenvalue weighted by Gasteiger charge is -2.31. The van der Waals surface area contributed by atoms with Gasteiger partial charge in [-0.15, -0.1) is 0 Å². The van der Waals surface area contributed by atoms with Crippen molar-refractivity contribution in [2.24, 2.45) is 11.7 Å². The molecule has 0 aromatic carbocycles. The van der Waals surface area contributed by atoms with E-state index in [-0.39, 0.29) is 0 Å². The molecule has 0 fully saturated rings. The van der Waals surface area contributed by atoms with Gasteiger partial charge in [0, 0.05) is 25.0 Å². The van der Waals surface area contributed by atoms with Gasteiger partial charge in [-0.25, -0.2) is 0 Å². The molecule has 0 amide bonds. The maximum absolute atomic E-state index is 5.82. The van der Waals surface area contributed by atoms with Gasteiger partial charge in [-0.3, -0.25) is 0 Å². The van der Waals surface area contributed by atoms with Crippen molar-refractivity contribution in [1.82, 2.24) is 4.90 Å². The second-order valence-corrected chi connectivity index (χ2v) is 4.40. The average molecular weight is 244 g/mol. The van der Waals surface area contributed by atoms with Crippen LogP contribution >= 0.6 is 0 Å². The molecule has 0 aromatic heterocycles. The van der Waals surface area contributed by atoms with E-state index in [0.717, 1.165) is 12.0 Å². The molecule has 0 aliphatic carbocycles. The average Bonchev–Trinajstić information content (AvgIpc) is 2.41. The van der Waals surface area contributed by atoms with Crippen LogP contribution in [0.25, 0.3) is 0 Å². The monoisotopic (exact) mass is 244 g/mol. The molecule has 0 saturated carbocycles. The molecular formula is C16H24N2. The van der Waals surface area contributed by atoms with Crippen molar-refractivity contribution in [2.75, 3.05) is 13.6 Å². The normalized spacial score (nSPS) is 21.0. The Kier molecular flexibility index (Phi) is 5.66. The van der Waals surface area contributed by atoms with Crippen molar-refractivity contribution < 1.29 is 0 Å². The van der Waals surface area contributed by atoms with E-state index in [0.29, 0.717) is 12.5 Å². The smallest absolute Gasteiger partial charge is 0.0444 e. The zero-order valence-corrected chi connectivity index (χ0v) is 11.7. The SMILES string of the molecule is C=C/C(=C\C=C/C)C1=CC(CC)C=C(CN)N1C. The highest BCUT2D eigenvalue weighted by atomic mass is 15.1. The van der Waals surface area contributed by atoms with Crippen LogP contribution in [0.4, 0.5) is 0 Å². The lowest BCUT2D eigenvalue weighted by molar-refractivity contribution is 0.486. The number of nitrogens with zero attached hydrogens (tertiary/aromatic N) is 1. The van der Waals surface area contributed by atoms with Crippen molar-refractivity contribution in [2.45, 2.75) is 20.3 Å². The van der Waals surface area contributed by atoms with Gasteiger partial charge in [0.05, 0.1) is 0 Å². The van der Waals surface area contributed by atoms with E-state index in [1.165, 1.54) is 11.4 Å². The Morgan fingerprint density at radius 1 is 1.50 bits per heavy atom. The van der Waals surface area contributed by atoms with Crippen LogP contribution in [-0.2, 0) is 0 Å². The number of likely N-dealkylation sites (N-methyl/N-ethyl adjacent to an activating group) is 1. The third kappa shape index (κ3) is 3.23. The van der Waals surface area contributed by atoms with Gasteiger partial charge >= 0.3 is 0 Å². The van der Waals surface area contributed by atoms with Gasteiger partial charge in [0.15, 0.2) is 0 Å². The number of nitrogens with two attached hydrogens (primary N) is 1. The van der Waals surface area contributed by atoms with Crippen molar-refractivity contribution >= 4 is 0 Å². The summed E-state index contributed by atoms with van der Waals surface area (Å²) in [7, 11) is 2.06. The van der Waals surface area contributed by atoms with E-state index < -0.39 is 0 Å². The molecule has 1 unspecified atom stereocenters. The molecule has 1 heterocycles. The standard InChI is InChI=1S/C16H24N2/c1-5-8-9-14(7-3)16-11-13(6-2)10-15(12-17)18(16)4/h5,7-11,13H,3,6,12,17H2,1-2,4H3/b8-5-,14-9+. The summed E-state index contributed by atoms with van der Waals surface area (Å²) in [4.78, 5) is 2.16. The zero-order chi connectivity index (χ0) is 13.5. The topological polar surface area (TPSA) is 29.3 Å². The molecule has 0 radical (unpaired) electrons. The lowest BCUT2D eigenvalue weighted by Crippen LogP contribution is -2.27. The highest BCUT2D eigenvalue weighted by Gasteiger charge is 2.18. The Hall–Kier alpha value is -1.54. The van der Waals surface area contributed by atoms with Crippen molar-refractivity contribution in [3.05, 3.63) is 60.0 Å². The van der Waals surface area contributed by atoms with E-state index >= 15 is 0 Å². The van der Waals surface area contributed by atoms with Crippen LogP contribution in [0.15, 0.2) is 60.0 Å². The molecule has 0 saturated heterocycles. The summed E-state index contributed by atoms with van der Waals surface area (Å²) in [5.74, 6) is 0.462. The summed E-state index contributed by atoms with van der Waals surface area (Å²) >= 11 is 0. The maximum Gasteiger partial charge on any atom is 0.0444 e. The van der Waals surface area contributed by atoms with Crippen LogP contribution < -0.4 is 5.73 Å². The van der Waals surface area contributed by atoms with Crippen LogP contribution in [-0.4, -0.2) is 18.5 Å². The number of allylic oxidation sites excluding steroid dienone is 6. The Bertz CT molecular complexity index is 411. The van der Waals surface area contributed by atoms with E-state index in [4.69, 9.17) is 5.73 Å². The van der Waals surface area contributed by atoms with Crippen LogP contribution in [0.1, 0.15) is 20.3 Å². The summed E-state index contributed by atoms with van der Waals surface area (Å²) in [6.07, 6.45) is 13.7. The largest absolute Gasteiger partial charge is 0.347 e. The first kappa shape index (κ1) is 14.5. The van der Waals surface area contributed by atoms with E-state index in [1.807, 2.05) is 25.2 Å². The summed E-state index contributed by atoms with van der Waals surface area (Å²) in [6, 6.07) is 0. The minimum absolute atomic E-state index is 0.462. The van der Waals surface area contributed by atoms with Crippen LogP contribution in [0.3, 0.4) is 0 Å². The molecular weight excluding hydrogens is 220 g/mol. The zero-order valence-electron chi connectivity index (χ0n) is 11.7. The summed E-state index contributed by atoms with van der Waals surface area (Å²) < 4.78 is 0. The van der Waals surface area contributed by atoms with Crippen molar-refractivity contribution in [3.63, 3.8) is 0 Å². The van der Waals surface area contributed by atoms with Gasteiger partial charge in [-0.1, -0.05) is 50.0 Å². The molecule has 2 heteroatoms. The molecule has 0 spiro atoms. The van der Waals surface area contributed by atoms with E-state index in [1.54, 1.807) is 0 Å². The highest BCUT2D eigenvalue weighted by Crippen LogP contribution is 2.28. The quantitative estimate of drug-likeness (QED) is 0.751. The Morgan fingerprint density at radius 3 is 2.72 bits per heavy atom. The fourth-order valence-corrected chi connectivity index (χ4v) is 2.06. The second kappa shape index (κ2) is 7.02. The first-order valence-electron chi connectivity index (χ1n) is 6.50. The van der Waals surface area contributed by atoms with Crippen LogP contribution in [0, 0.1) is 5.92 Å². The fourth-order valence-electron chi connectivity index (χ4n) is 2.06. The number of hydrogen-bond donors (Lipinski definition) is 1. The molecule has 2 nitrogen and oxygen atoms in total. The molecule has 2 N–H and O–H groups in total. The summed E-state index contributed by atoms with van der Waals surface area (Å²) in [5, 5.41) is 0. The highest BCUT2D eigenvalue weighted by molar-refractivity contribution is 5.44. The maximum atomic E-state index is 5.82. The van der Waals surface area contributed by atoms with Crippen LogP contribution in [0.5, 0.6) is 0 Å². The molecule has 98 valence electrons. The van der Waals surface area contributed by atoms with Gasteiger partial charge in [0.25, 0.3) is 0 Å². The molecule has 1 rings (SSSR count). The second-order valence-electron chi connectivity index (χ2n) is 4.40. The minimum Gasteiger partial charge on any atom is -0.347 e. The van der Waals surface area contributed by atoms with Crippen LogP contribution in [0.2, 0.25) is 0 Å². The van der Waals surface area contributed by atoms with Gasteiger partial charge in [0.1, 0.15) is 0 Å². The predicted octanol–water partition coefficient (Wildman–Crippen LogP) is 3.37. The van der Waals surface area contributed by atoms with Gasteiger partial charge in [-0.05, 0) is 24.8 Å². The van der Waals surface area contributed by atoms with Gasteiger partial charge in [0.2, 0.25) is 0 Å². The van der Waals surface area contributed by atoms with E-state index in [9.17, 15) is 0 Å². The molecule has 1 aliphatic rings.